The van der Waals surface area contributed by atoms with Crippen LogP contribution in [0.3, 0.4) is 0 Å². The Labute approximate surface area is 138 Å². The number of rotatable bonds is 4. The fourth-order valence-electron chi connectivity index (χ4n) is 2.77. The van der Waals surface area contributed by atoms with Gasteiger partial charge in [0.25, 0.3) is 5.82 Å². The number of phenols is 1. The van der Waals surface area contributed by atoms with Gasteiger partial charge in [0, 0.05) is 23.2 Å². The van der Waals surface area contributed by atoms with Crippen LogP contribution in [0.25, 0.3) is 10.9 Å². The minimum absolute atomic E-state index is 0.151. The summed E-state index contributed by atoms with van der Waals surface area (Å²) in [5.41, 5.74) is 1.28. The quantitative estimate of drug-likeness (QED) is 0.603. The summed E-state index contributed by atoms with van der Waals surface area (Å²) in [6, 6.07) is 16.7. The molecule has 0 fully saturated rings. The van der Waals surface area contributed by atoms with Gasteiger partial charge >= 0.3 is 0 Å². The molecule has 3 aromatic heterocycles. The molecule has 0 saturated heterocycles. The van der Waals surface area contributed by atoms with E-state index in [0.29, 0.717) is 16.8 Å². The Morgan fingerprint density at radius 2 is 2.00 bits per heavy atom. The number of aromatic amines is 1. The molecule has 1 atom stereocenters. The molecule has 24 heavy (non-hydrogen) atoms. The Morgan fingerprint density at radius 1 is 1.04 bits per heavy atom. The van der Waals surface area contributed by atoms with Crippen molar-refractivity contribution >= 4 is 16.7 Å². The number of furan rings is 1. The normalized spacial score (nSPS) is 12.2. The van der Waals surface area contributed by atoms with Crippen molar-refractivity contribution in [2.75, 3.05) is 5.32 Å². The van der Waals surface area contributed by atoms with Crippen LogP contribution in [-0.2, 0) is 0 Å². The first-order valence-electron chi connectivity index (χ1n) is 7.66. The van der Waals surface area contributed by atoms with Crippen LogP contribution in [0.1, 0.15) is 17.4 Å². The molecule has 4 aromatic rings. The zero-order valence-electron chi connectivity index (χ0n) is 12.8. The minimum atomic E-state index is -0.343. The van der Waals surface area contributed by atoms with Crippen molar-refractivity contribution in [1.29, 1.82) is 0 Å². The third kappa shape index (κ3) is 2.56. The van der Waals surface area contributed by atoms with Crippen molar-refractivity contribution in [3.05, 3.63) is 84.6 Å². The molecule has 0 bridgehead atoms. The summed E-state index contributed by atoms with van der Waals surface area (Å²) in [5.74, 6) is 1.68. The van der Waals surface area contributed by atoms with E-state index in [1.54, 1.807) is 12.5 Å². The van der Waals surface area contributed by atoms with Crippen molar-refractivity contribution in [3.8, 4) is 5.75 Å². The fourth-order valence-corrected chi connectivity index (χ4v) is 2.77. The predicted octanol–water partition coefficient (Wildman–Crippen LogP) is 3.55. The van der Waals surface area contributed by atoms with E-state index < -0.39 is 0 Å². The smallest absolute Gasteiger partial charge is 0.273 e. The minimum Gasteiger partial charge on any atom is -0.505 e. The van der Waals surface area contributed by atoms with E-state index in [1.807, 2.05) is 60.8 Å². The van der Waals surface area contributed by atoms with Crippen molar-refractivity contribution in [1.82, 2.24) is 4.98 Å². The monoisotopic (exact) mass is 318 g/mol. The van der Waals surface area contributed by atoms with Gasteiger partial charge in [-0.2, -0.15) is 0 Å². The predicted molar refractivity (Wildman–Crippen MR) is 90.6 cm³/mol. The van der Waals surface area contributed by atoms with Crippen LogP contribution >= 0.6 is 0 Å². The molecule has 0 aliphatic heterocycles. The van der Waals surface area contributed by atoms with Crippen LogP contribution in [0.5, 0.6) is 5.75 Å². The average molecular weight is 318 g/mol. The molecule has 1 unspecified atom stereocenters. The van der Waals surface area contributed by atoms with E-state index in [9.17, 15) is 5.11 Å². The van der Waals surface area contributed by atoms with E-state index in [0.717, 1.165) is 11.2 Å². The van der Waals surface area contributed by atoms with Gasteiger partial charge in [-0.3, -0.25) is 10.3 Å². The third-order valence-electron chi connectivity index (χ3n) is 3.93. The van der Waals surface area contributed by atoms with Gasteiger partial charge in [0.15, 0.2) is 11.8 Å². The Hall–Kier alpha value is -3.34. The maximum Gasteiger partial charge on any atom is 0.273 e. The van der Waals surface area contributed by atoms with Gasteiger partial charge < -0.3 is 9.52 Å². The van der Waals surface area contributed by atoms with Crippen LogP contribution in [0, 0.1) is 0 Å². The lowest BCUT2D eigenvalue weighted by Crippen LogP contribution is -2.18. The van der Waals surface area contributed by atoms with Gasteiger partial charge in [-0.25, -0.2) is 4.98 Å². The average Bonchev–Trinajstić information content (AvgIpc) is 3.16. The molecule has 4 rings (SSSR count). The number of anilines is 1. The molecule has 0 amide bonds. The molecule has 0 aliphatic carbocycles. The number of H-pyrrole nitrogens is 1. The van der Waals surface area contributed by atoms with Crippen LogP contribution in [0.2, 0.25) is 0 Å². The molecule has 0 spiro atoms. The summed E-state index contributed by atoms with van der Waals surface area (Å²) in [6.45, 7) is 0. The number of phenolic OH excluding ortho intramolecular Hbond substituents is 1. The maximum atomic E-state index is 10.7. The van der Waals surface area contributed by atoms with Crippen molar-refractivity contribution in [3.63, 3.8) is 0 Å². The van der Waals surface area contributed by atoms with Crippen LogP contribution in [-0.4, -0.2) is 10.1 Å². The summed E-state index contributed by atoms with van der Waals surface area (Å²) in [6.07, 6.45) is 5.13. The lowest BCUT2D eigenvalue weighted by Gasteiger charge is -2.15. The van der Waals surface area contributed by atoms with Gasteiger partial charge in [0.2, 0.25) is 0 Å². The molecule has 5 heteroatoms. The summed E-state index contributed by atoms with van der Waals surface area (Å²) in [7, 11) is 0. The Bertz CT molecular complexity index is 953. The van der Waals surface area contributed by atoms with Gasteiger partial charge in [-0.1, -0.05) is 18.2 Å². The van der Waals surface area contributed by atoms with E-state index >= 15 is 0 Å². The molecular weight excluding hydrogens is 302 g/mol. The number of nitrogens with zero attached hydrogens (tertiary/aromatic N) is 1. The molecule has 118 valence electrons. The van der Waals surface area contributed by atoms with Crippen LogP contribution < -0.4 is 10.3 Å². The molecule has 0 radical (unpaired) electrons. The number of nitrogens with one attached hydrogen (secondary N) is 2. The Balaban J connectivity index is 1.83. The highest BCUT2D eigenvalue weighted by Crippen LogP contribution is 2.35. The molecule has 5 nitrogen and oxygen atoms in total. The zero-order valence-corrected chi connectivity index (χ0v) is 12.8. The van der Waals surface area contributed by atoms with E-state index in [1.165, 1.54) is 0 Å². The lowest BCUT2D eigenvalue weighted by molar-refractivity contribution is -0.361. The second-order valence-electron chi connectivity index (χ2n) is 5.45. The first-order chi connectivity index (χ1) is 11.8. The first kappa shape index (κ1) is 14.3. The Morgan fingerprint density at radius 3 is 2.79 bits per heavy atom. The Kier molecular flexibility index (Phi) is 3.59. The van der Waals surface area contributed by atoms with Gasteiger partial charge in [0.1, 0.15) is 11.3 Å². The largest absolute Gasteiger partial charge is 0.505 e. The third-order valence-corrected chi connectivity index (χ3v) is 3.93. The number of aromatic hydroxyl groups is 1. The number of aromatic nitrogens is 2. The highest BCUT2D eigenvalue weighted by Gasteiger charge is 2.26. The second-order valence-corrected chi connectivity index (χ2v) is 5.45. The number of fused-ring (bicyclic) bond motifs is 1. The van der Waals surface area contributed by atoms with Crippen molar-refractivity contribution in [2.45, 2.75) is 6.04 Å². The van der Waals surface area contributed by atoms with Gasteiger partial charge in [-0.15, -0.1) is 0 Å². The number of hydrogen-bond donors (Lipinski definition) is 2. The lowest BCUT2D eigenvalue weighted by atomic mass is 10.0. The van der Waals surface area contributed by atoms with E-state index in [4.69, 9.17) is 4.42 Å². The zero-order chi connectivity index (χ0) is 16.4. The van der Waals surface area contributed by atoms with Gasteiger partial charge in [0.05, 0.1) is 12.5 Å². The second kappa shape index (κ2) is 6.04. The number of hydrogen-bond acceptors (Lipinski definition) is 4. The summed E-state index contributed by atoms with van der Waals surface area (Å²) >= 11 is 0. The van der Waals surface area contributed by atoms with Crippen LogP contribution in [0.15, 0.2) is 77.7 Å². The molecule has 0 saturated carbocycles. The molecular formula is C19H16N3O2+. The molecule has 3 heterocycles. The van der Waals surface area contributed by atoms with Crippen LogP contribution in [0.4, 0.5) is 5.82 Å². The SMILES string of the molecule is Oc1c(C(Nc2cccc[nH+]2)c2ccco2)ccc2cccnc12. The maximum absolute atomic E-state index is 10.7. The fraction of sp³-hybridized carbons (Fsp3) is 0.0526. The number of benzene rings is 1. The van der Waals surface area contributed by atoms with Crippen molar-refractivity contribution < 1.29 is 14.5 Å². The summed E-state index contributed by atoms with van der Waals surface area (Å²) in [5, 5.41) is 15.0. The molecule has 0 aliphatic rings. The summed E-state index contributed by atoms with van der Waals surface area (Å²) < 4.78 is 5.58. The van der Waals surface area contributed by atoms with E-state index in [-0.39, 0.29) is 11.8 Å². The van der Waals surface area contributed by atoms with E-state index in [2.05, 4.69) is 15.3 Å². The highest BCUT2D eigenvalue weighted by atomic mass is 16.3. The highest BCUT2D eigenvalue weighted by molar-refractivity contribution is 5.85. The van der Waals surface area contributed by atoms with Crippen molar-refractivity contribution in [2.24, 2.45) is 0 Å². The summed E-state index contributed by atoms with van der Waals surface area (Å²) in [4.78, 5) is 7.43. The topological polar surface area (TPSA) is 72.4 Å². The first-order valence-corrected chi connectivity index (χ1v) is 7.66. The molecule has 1 aromatic carbocycles. The molecule has 3 N–H and O–H groups in total. The number of pyridine rings is 2. The van der Waals surface area contributed by atoms with Gasteiger partial charge in [-0.05, 0) is 30.3 Å². The standard InChI is InChI=1S/C19H15N3O2/c23-19-14(9-8-13-5-3-11-21-17(13)19)18(15-6-4-12-24-15)22-16-7-1-2-10-20-16/h1-12,18,23H,(H,20,22)/p+1.